The first kappa shape index (κ1) is 13.2. The van der Waals surface area contributed by atoms with E-state index in [-0.39, 0.29) is 16.7 Å². The second-order valence-electron chi connectivity index (χ2n) is 3.90. The maximum absolute atomic E-state index is 13.2. The fraction of sp³-hybridized carbons (Fsp3) is 0.462. The molecule has 0 aromatic heterocycles. The highest BCUT2D eigenvalue weighted by molar-refractivity contribution is 6.30. The number of Topliss-reactive ketones (excluding diaryl/α,β-unsaturated/α-hetero) is 1. The monoisotopic (exact) mass is 242 g/mol. The van der Waals surface area contributed by atoms with Crippen molar-refractivity contribution in [2.75, 3.05) is 0 Å². The number of benzene rings is 1. The number of ketones is 1. The van der Waals surface area contributed by atoms with Gasteiger partial charge in [-0.3, -0.25) is 4.79 Å². The van der Waals surface area contributed by atoms with Gasteiger partial charge in [0.15, 0.2) is 0 Å². The molecule has 1 rings (SSSR count). The Hall–Kier alpha value is -0.890. The SMILES string of the molecule is CCC(CC)C(=O)Cc1ccc(Cl)c(F)c1. The Morgan fingerprint density at radius 2 is 2.00 bits per heavy atom. The minimum absolute atomic E-state index is 0.0822. The van der Waals surface area contributed by atoms with Crippen LogP contribution in [0.3, 0.4) is 0 Å². The number of rotatable bonds is 5. The van der Waals surface area contributed by atoms with Crippen LogP contribution in [0.2, 0.25) is 5.02 Å². The van der Waals surface area contributed by atoms with E-state index in [0.29, 0.717) is 12.0 Å². The summed E-state index contributed by atoms with van der Waals surface area (Å²) >= 11 is 5.57. The average Bonchev–Trinajstić information content (AvgIpc) is 2.25. The van der Waals surface area contributed by atoms with Crippen LogP contribution in [0.15, 0.2) is 18.2 Å². The normalized spacial score (nSPS) is 10.8. The van der Waals surface area contributed by atoms with Crippen LogP contribution in [-0.2, 0) is 11.2 Å². The Morgan fingerprint density at radius 1 is 1.38 bits per heavy atom. The van der Waals surface area contributed by atoms with Gasteiger partial charge in [0.2, 0.25) is 0 Å². The summed E-state index contributed by atoms with van der Waals surface area (Å²) in [6, 6.07) is 4.53. The molecule has 1 aromatic rings. The van der Waals surface area contributed by atoms with Crippen LogP contribution in [-0.4, -0.2) is 5.78 Å². The standard InChI is InChI=1S/C13H16ClFO/c1-3-10(4-2)13(16)8-9-5-6-11(14)12(15)7-9/h5-7,10H,3-4,8H2,1-2H3. The number of carbonyl (C=O) groups excluding carboxylic acids is 1. The van der Waals surface area contributed by atoms with Gasteiger partial charge in [-0.15, -0.1) is 0 Å². The molecule has 0 bridgehead atoms. The van der Waals surface area contributed by atoms with Crippen molar-refractivity contribution >= 4 is 17.4 Å². The van der Waals surface area contributed by atoms with E-state index < -0.39 is 5.82 Å². The fourth-order valence-electron chi connectivity index (χ4n) is 1.74. The van der Waals surface area contributed by atoms with Gasteiger partial charge in [-0.2, -0.15) is 0 Å². The van der Waals surface area contributed by atoms with Crippen molar-refractivity contribution in [3.05, 3.63) is 34.6 Å². The number of hydrogen-bond donors (Lipinski definition) is 0. The summed E-state index contributed by atoms with van der Waals surface area (Å²) in [6.45, 7) is 3.99. The highest BCUT2D eigenvalue weighted by atomic mass is 35.5. The molecule has 16 heavy (non-hydrogen) atoms. The molecule has 0 unspecified atom stereocenters. The van der Waals surface area contributed by atoms with E-state index in [1.165, 1.54) is 12.1 Å². The molecule has 1 nitrogen and oxygen atoms in total. The van der Waals surface area contributed by atoms with Gasteiger partial charge < -0.3 is 0 Å². The van der Waals surface area contributed by atoms with Crippen LogP contribution < -0.4 is 0 Å². The van der Waals surface area contributed by atoms with Gasteiger partial charge in [0.25, 0.3) is 0 Å². The Labute approximate surface area is 101 Å². The van der Waals surface area contributed by atoms with E-state index >= 15 is 0 Å². The minimum atomic E-state index is -0.462. The average molecular weight is 243 g/mol. The molecule has 0 radical (unpaired) electrons. The van der Waals surface area contributed by atoms with Gasteiger partial charge in [0.05, 0.1) is 5.02 Å². The molecular weight excluding hydrogens is 227 g/mol. The van der Waals surface area contributed by atoms with Gasteiger partial charge in [-0.25, -0.2) is 4.39 Å². The van der Waals surface area contributed by atoms with Crippen molar-refractivity contribution in [1.82, 2.24) is 0 Å². The second-order valence-corrected chi connectivity index (χ2v) is 4.31. The molecular formula is C13H16ClFO. The van der Waals surface area contributed by atoms with Crippen molar-refractivity contribution in [2.24, 2.45) is 5.92 Å². The third-order valence-corrected chi connectivity index (χ3v) is 3.11. The van der Waals surface area contributed by atoms with Crippen LogP contribution in [0, 0.1) is 11.7 Å². The zero-order chi connectivity index (χ0) is 12.1. The molecule has 0 saturated heterocycles. The lowest BCUT2D eigenvalue weighted by atomic mass is 9.93. The summed E-state index contributed by atoms with van der Waals surface area (Å²) in [4.78, 5) is 11.8. The summed E-state index contributed by atoms with van der Waals surface area (Å²) in [5, 5.41) is 0.0960. The van der Waals surface area contributed by atoms with Crippen molar-refractivity contribution < 1.29 is 9.18 Å². The molecule has 0 aliphatic rings. The summed E-state index contributed by atoms with van der Waals surface area (Å²) in [6.07, 6.45) is 1.97. The fourth-order valence-corrected chi connectivity index (χ4v) is 1.86. The Bertz CT molecular complexity index is 372. The molecule has 0 amide bonds. The molecule has 1 aromatic carbocycles. The van der Waals surface area contributed by atoms with Crippen LogP contribution >= 0.6 is 11.6 Å². The predicted molar refractivity (Wildman–Crippen MR) is 64.2 cm³/mol. The molecule has 0 saturated carbocycles. The number of hydrogen-bond acceptors (Lipinski definition) is 1. The van der Waals surface area contributed by atoms with Gasteiger partial charge >= 0.3 is 0 Å². The molecule has 0 fully saturated rings. The molecule has 0 spiro atoms. The first-order valence-corrected chi connectivity index (χ1v) is 5.92. The zero-order valence-electron chi connectivity index (χ0n) is 9.59. The molecule has 3 heteroatoms. The van der Waals surface area contributed by atoms with Crippen molar-refractivity contribution in [3.8, 4) is 0 Å². The van der Waals surface area contributed by atoms with Crippen molar-refractivity contribution in [2.45, 2.75) is 33.1 Å². The number of carbonyl (C=O) groups is 1. The molecule has 0 atom stereocenters. The Kier molecular flexibility index (Phi) is 4.94. The van der Waals surface area contributed by atoms with Crippen LogP contribution in [0.5, 0.6) is 0 Å². The Balaban J connectivity index is 2.73. The van der Waals surface area contributed by atoms with Gasteiger partial charge in [0, 0.05) is 12.3 Å². The van der Waals surface area contributed by atoms with E-state index in [1.54, 1.807) is 6.07 Å². The second kappa shape index (κ2) is 6.00. The van der Waals surface area contributed by atoms with Crippen molar-refractivity contribution in [1.29, 1.82) is 0 Å². The lowest BCUT2D eigenvalue weighted by Gasteiger charge is -2.10. The quantitative estimate of drug-likeness (QED) is 0.762. The van der Waals surface area contributed by atoms with E-state index in [0.717, 1.165) is 12.8 Å². The maximum atomic E-state index is 13.2. The highest BCUT2D eigenvalue weighted by Crippen LogP contribution is 2.18. The third kappa shape index (κ3) is 3.31. The molecule has 0 aliphatic carbocycles. The topological polar surface area (TPSA) is 17.1 Å². The summed E-state index contributed by atoms with van der Waals surface area (Å²) in [5.74, 6) is -0.207. The zero-order valence-corrected chi connectivity index (χ0v) is 10.4. The van der Waals surface area contributed by atoms with Gasteiger partial charge in [-0.05, 0) is 30.5 Å². The number of halogens is 2. The molecule has 0 heterocycles. The molecule has 0 N–H and O–H groups in total. The lowest BCUT2D eigenvalue weighted by Crippen LogP contribution is -2.15. The largest absolute Gasteiger partial charge is 0.299 e. The van der Waals surface area contributed by atoms with Gasteiger partial charge in [0.1, 0.15) is 11.6 Å². The smallest absolute Gasteiger partial charge is 0.142 e. The van der Waals surface area contributed by atoms with Crippen LogP contribution in [0.1, 0.15) is 32.3 Å². The van der Waals surface area contributed by atoms with E-state index in [9.17, 15) is 9.18 Å². The van der Waals surface area contributed by atoms with E-state index in [1.807, 2.05) is 13.8 Å². The summed E-state index contributed by atoms with van der Waals surface area (Å²) in [5.41, 5.74) is 0.693. The first-order chi connectivity index (χ1) is 7.58. The molecule has 88 valence electrons. The van der Waals surface area contributed by atoms with Crippen LogP contribution in [0.4, 0.5) is 4.39 Å². The predicted octanol–water partition coefficient (Wildman–Crippen LogP) is 4.03. The van der Waals surface area contributed by atoms with Gasteiger partial charge in [-0.1, -0.05) is 31.5 Å². The summed E-state index contributed by atoms with van der Waals surface area (Å²) in [7, 11) is 0. The van der Waals surface area contributed by atoms with Crippen LogP contribution in [0.25, 0.3) is 0 Å². The third-order valence-electron chi connectivity index (χ3n) is 2.80. The Morgan fingerprint density at radius 3 is 2.50 bits per heavy atom. The minimum Gasteiger partial charge on any atom is -0.299 e. The lowest BCUT2D eigenvalue weighted by molar-refractivity contribution is -0.122. The first-order valence-electron chi connectivity index (χ1n) is 5.55. The maximum Gasteiger partial charge on any atom is 0.142 e. The van der Waals surface area contributed by atoms with E-state index in [2.05, 4.69) is 0 Å². The summed E-state index contributed by atoms with van der Waals surface area (Å²) < 4.78 is 13.2. The highest BCUT2D eigenvalue weighted by Gasteiger charge is 2.15. The molecule has 0 aliphatic heterocycles. The van der Waals surface area contributed by atoms with E-state index in [4.69, 9.17) is 11.6 Å². The van der Waals surface area contributed by atoms with Crippen molar-refractivity contribution in [3.63, 3.8) is 0 Å².